The Morgan fingerprint density at radius 2 is 1.59 bits per heavy atom. The van der Waals surface area contributed by atoms with Gasteiger partial charge in [0.25, 0.3) is 11.8 Å². The molecule has 2 atom stereocenters. The number of hydrogen-bond acceptors (Lipinski definition) is 13. The fourth-order valence-electron chi connectivity index (χ4n) is 7.82. The summed E-state index contributed by atoms with van der Waals surface area (Å²) in [6, 6.07) is 19.6. The van der Waals surface area contributed by atoms with Gasteiger partial charge in [-0.1, -0.05) is 25.0 Å². The first kappa shape index (κ1) is 45.8. The van der Waals surface area contributed by atoms with Gasteiger partial charge in [0.15, 0.2) is 0 Å². The first-order valence-corrected chi connectivity index (χ1v) is 23.0. The van der Waals surface area contributed by atoms with E-state index in [1.165, 1.54) is 0 Å². The highest BCUT2D eigenvalue weighted by atomic mass is 32.2. The van der Waals surface area contributed by atoms with Crippen LogP contribution >= 0.6 is 0 Å². The van der Waals surface area contributed by atoms with Gasteiger partial charge in [-0.3, -0.25) is 39.1 Å². The molecule has 4 aromatic rings. The number of hydrogen-bond donors (Lipinski definition) is 6. The lowest BCUT2D eigenvalue weighted by Gasteiger charge is -2.35. The van der Waals surface area contributed by atoms with Crippen LogP contribution in [-0.2, 0) is 25.4 Å². The van der Waals surface area contributed by atoms with Gasteiger partial charge in [0.1, 0.15) is 22.8 Å². The molecular formula is C46H57N11O6S. The lowest BCUT2D eigenvalue weighted by molar-refractivity contribution is -0.136. The monoisotopic (exact) mass is 891 g/mol. The van der Waals surface area contributed by atoms with E-state index < -0.39 is 40.7 Å². The average molecular weight is 892 g/mol. The van der Waals surface area contributed by atoms with E-state index in [4.69, 9.17) is 4.98 Å². The van der Waals surface area contributed by atoms with Gasteiger partial charge in [-0.2, -0.15) is 4.98 Å². The zero-order chi connectivity index (χ0) is 45.4. The van der Waals surface area contributed by atoms with Gasteiger partial charge in [-0.15, -0.1) is 0 Å². The van der Waals surface area contributed by atoms with Gasteiger partial charge in [-0.25, -0.2) is 13.9 Å². The van der Waals surface area contributed by atoms with Crippen LogP contribution in [0.15, 0.2) is 77.8 Å². The van der Waals surface area contributed by atoms with E-state index >= 15 is 0 Å². The number of benzene rings is 3. The standard InChI is InChI=1S/C46H57N11O6S/c1-30-28-49-45(53-41(30)50-32-11-9-12-34(27-32)64(63)54-46(2,3)4)51-31-15-17-33(18-16-31)56-25-23-55(24-26-56)29-39(59)48-22-8-6-5-7-21-47-36-14-10-13-35-40(36)44(62)57(43(35)61)37-19-20-38(58)52-42(37)60/h9-18,27-28,37,47,54H,5-8,19-26,29H2,1-4H3,(H,48,59)(H,52,58,60)(H2,49,50,51,53). The van der Waals surface area contributed by atoms with Crippen LogP contribution < -0.4 is 36.2 Å². The Labute approximate surface area is 376 Å². The molecule has 18 heteroatoms. The maximum absolute atomic E-state index is 13.3. The number of fused-ring (bicyclic) bond motifs is 1. The Hall–Kier alpha value is -6.24. The van der Waals surface area contributed by atoms with E-state index in [1.807, 2.05) is 64.1 Å². The third-order valence-electron chi connectivity index (χ3n) is 11.1. The van der Waals surface area contributed by atoms with Gasteiger partial charge >= 0.3 is 0 Å². The zero-order valence-electron chi connectivity index (χ0n) is 36.8. The highest BCUT2D eigenvalue weighted by molar-refractivity contribution is 7.83. The summed E-state index contributed by atoms with van der Waals surface area (Å²) in [4.78, 5) is 78.5. The Morgan fingerprint density at radius 1 is 0.859 bits per heavy atom. The number of aromatic nitrogens is 2. The maximum Gasteiger partial charge on any atom is 0.264 e. The topological polar surface area (TPSA) is 210 Å². The fourth-order valence-corrected chi connectivity index (χ4v) is 8.93. The van der Waals surface area contributed by atoms with E-state index in [0.29, 0.717) is 42.0 Å². The number of piperazine rings is 1. The Kier molecular flexibility index (Phi) is 14.7. The van der Waals surface area contributed by atoms with Crippen LogP contribution in [0, 0.1) is 6.92 Å². The number of rotatable bonds is 18. The minimum atomic E-state index is -1.36. The molecule has 3 aliphatic rings. The first-order chi connectivity index (χ1) is 30.7. The van der Waals surface area contributed by atoms with Crippen molar-refractivity contribution in [1.82, 2.24) is 35.1 Å². The minimum absolute atomic E-state index is 0.0177. The summed E-state index contributed by atoms with van der Waals surface area (Å²) in [5.74, 6) is -0.980. The molecule has 6 N–H and O–H groups in total. The van der Waals surface area contributed by atoms with E-state index in [9.17, 15) is 28.2 Å². The molecule has 2 unspecified atom stereocenters. The Bertz CT molecular complexity index is 2400. The molecule has 1 aromatic heterocycles. The first-order valence-electron chi connectivity index (χ1n) is 21.8. The summed E-state index contributed by atoms with van der Waals surface area (Å²) in [5, 5.41) is 15.2. The van der Waals surface area contributed by atoms with E-state index in [2.05, 4.69) is 58.2 Å². The number of imide groups is 2. The molecular weight excluding hydrogens is 835 g/mol. The second-order valence-electron chi connectivity index (χ2n) is 17.3. The molecule has 7 rings (SSSR count). The lowest BCUT2D eigenvalue weighted by Crippen LogP contribution is -2.54. The van der Waals surface area contributed by atoms with Crippen molar-refractivity contribution in [2.24, 2.45) is 0 Å². The molecule has 3 aromatic carbocycles. The van der Waals surface area contributed by atoms with E-state index in [0.717, 1.165) is 79.4 Å². The van der Waals surface area contributed by atoms with Crippen LogP contribution in [0.5, 0.6) is 0 Å². The fraction of sp³-hybridized carbons (Fsp3) is 0.413. The molecule has 5 amide bonds. The van der Waals surface area contributed by atoms with Crippen molar-refractivity contribution in [3.05, 3.63) is 89.6 Å². The number of anilines is 6. The summed E-state index contributed by atoms with van der Waals surface area (Å²) in [6.45, 7) is 12.6. The average Bonchev–Trinajstić information content (AvgIpc) is 3.52. The number of nitrogens with one attached hydrogen (secondary N) is 6. The summed E-state index contributed by atoms with van der Waals surface area (Å²) in [7, 11) is -1.36. The molecule has 17 nitrogen and oxygen atoms in total. The van der Waals surface area contributed by atoms with Crippen molar-refractivity contribution in [2.45, 2.75) is 82.7 Å². The normalized spacial score (nSPS) is 17.2. The van der Waals surface area contributed by atoms with Crippen LogP contribution in [0.3, 0.4) is 0 Å². The zero-order valence-corrected chi connectivity index (χ0v) is 37.6. The number of unbranched alkanes of at least 4 members (excludes halogenated alkanes) is 3. The molecule has 0 bridgehead atoms. The largest absolute Gasteiger partial charge is 0.384 e. The smallest absolute Gasteiger partial charge is 0.264 e. The SMILES string of the molecule is Cc1cnc(Nc2ccc(N3CCN(CC(=O)NCCCCCCNc4cccc5c4C(=O)N(C4CCC(=O)NC4=O)C5=O)CC3)cc2)nc1Nc1cccc(S(=O)NC(C)(C)C)c1. The van der Waals surface area contributed by atoms with Crippen LogP contribution in [0.4, 0.5) is 34.5 Å². The minimum Gasteiger partial charge on any atom is -0.384 e. The molecule has 2 saturated heterocycles. The van der Waals surface area contributed by atoms with Crippen molar-refractivity contribution in [3.63, 3.8) is 0 Å². The second-order valence-corrected chi connectivity index (χ2v) is 18.5. The Balaban J connectivity index is 0.776. The molecule has 2 fully saturated rings. The van der Waals surface area contributed by atoms with E-state index in [1.54, 1.807) is 24.4 Å². The van der Waals surface area contributed by atoms with Crippen molar-refractivity contribution in [1.29, 1.82) is 0 Å². The number of amides is 5. The van der Waals surface area contributed by atoms with Crippen LogP contribution in [-0.4, -0.2) is 111 Å². The summed E-state index contributed by atoms with van der Waals surface area (Å²) in [6.07, 6.45) is 5.47. The highest BCUT2D eigenvalue weighted by Gasteiger charge is 2.45. The summed E-state index contributed by atoms with van der Waals surface area (Å²) in [5.41, 5.74) is 4.36. The lowest BCUT2D eigenvalue weighted by atomic mass is 10.0. The highest BCUT2D eigenvalue weighted by Crippen LogP contribution is 2.32. The predicted octanol–water partition coefficient (Wildman–Crippen LogP) is 4.99. The van der Waals surface area contributed by atoms with Gasteiger partial charge in [-0.05, 0) is 102 Å². The third kappa shape index (κ3) is 11.7. The number of nitrogens with zero attached hydrogens (tertiary/aromatic N) is 5. The molecule has 0 spiro atoms. The molecule has 338 valence electrons. The molecule has 64 heavy (non-hydrogen) atoms. The number of aryl methyl sites for hydroxylation is 1. The van der Waals surface area contributed by atoms with E-state index in [-0.39, 0.29) is 35.4 Å². The van der Waals surface area contributed by atoms with Gasteiger partial charge in [0.2, 0.25) is 23.7 Å². The summed E-state index contributed by atoms with van der Waals surface area (Å²) < 4.78 is 15.9. The number of piperidine rings is 1. The second kappa shape index (κ2) is 20.5. The molecule has 0 saturated carbocycles. The molecule has 0 aliphatic carbocycles. The van der Waals surface area contributed by atoms with Crippen molar-refractivity contribution < 1.29 is 28.2 Å². The predicted molar refractivity (Wildman–Crippen MR) is 247 cm³/mol. The van der Waals surface area contributed by atoms with Crippen LogP contribution in [0.2, 0.25) is 0 Å². The number of carbonyl (C=O) groups excluding carboxylic acids is 5. The quantitative estimate of drug-likeness (QED) is 0.0575. The third-order valence-corrected chi connectivity index (χ3v) is 12.6. The van der Waals surface area contributed by atoms with Crippen molar-refractivity contribution in [2.75, 3.05) is 66.7 Å². The molecule has 3 aliphatic heterocycles. The Morgan fingerprint density at radius 3 is 2.33 bits per heavy atom. The number of carbonyl (C=O) groups is 5. The van der Waals surface area contributed by atoms with Gasteiger partial charge in [0.05, 0.1) is 22.6 Å². The van der Waals surface area contributed by atoms with Crippen LogP contribution in [0.1, 0.15) is 85.6 Å². The van der Waals surface area contributed by atoms with Gasteiger partial charge in [0, 0.05) is 85.7 Å². The van der Waals surface area contributed by atoms with Gasteiger partial charge < -0.3 is 26.2 Å². The van der Waals surface area contributed by atoms with Crippen molar-refractivity contribution >= 4 is 75.0 Å². The molecule has 4 heterocycles. The molecule has 0 radical (unpaired) electrons. The summed E-state index contributed by atoms with van der Waals surface area (Å²) >= 11 is 0. The van der Waals surface area contributed by atoms with Crippen LogP contribution in [0.25, 0.3) is 0 Å². The van der Waals surface area contributed by atoms with Crippen molar-refractivity contribution in [3.8, 4) is 0 Å². The maximum atomic E-state index is 13.3.